The number of aryl methyl sites for hydroxylation is 1. The zero-order valence-corrected chi connectivity index (χ0v) is 10.5. The third-order valence-electron chi connectivity index (χ3n) is 2.33. The standard InChI is InChI=1S/C11H13NO2.C2H4O2/c1-9-2-4-10(5-3-9)12-6-7-14-8-11(12)13;1-2(3)4/h2-5H,6-8H2,1H3;1H3,(H,3,4). The van der Waals surface area contributed by atoms with Gasteiger partial charge in [-0.15, -0.1) is 0 Å². The van der Waals surface area contributed by atoms with Crippen molar-refractivity contribution in [3.8, 4) is 0 Å². The number of aliphatic carboxylic acids is 1. The first-order chi connectivity index (χ1) is 8.50. The third-order valence-corrected chi connectivity index (χ3v) is 2.33. The lowest BCUT2D eigenvalue weighted by atomic mass is 10.2. The van der Waals surface area contributed by atoms with Gasteiger partial charge in [0.15, 0.2) is 0 Å². The van der Waals surface area contributed by atoms with Crippen LogP contribution in [-0.2, 0) is 14.3 Å². The molecule has 98 valence electrons. The fraction of sp³-hybridized carbons (Fsp3) is 0.385. The quantitative estimate of drug-likeness (QED) is 0.820. The summed E-state index contributed by atoms with van der Waals surface area (Å²) in [5, 5.41) is 7.42. The molecule has 1 amide bonds. The van der Waals surface area contributed by atoms with Crippen molar-refractivity contribution in [2.45, 2.75) is 13.8 Å². The van der Waals surface area contributed by atoms with Gasteiger partial charge >= 0.3 is 0 Å². The summed E-state index contributed by atoms with van der Waals surface area (Å²) in [6, 6.07) is 7.97. The van der Waals surface area contributed by atoms with Gasteiger partial charge in [-0.05, 0) is 19.1 Å². The van der Waals surface area contributed by atoms with Crippen LogP contribution in [0.1, 0.15) is 12.5 Å². The van der Waals surface area contributed by atoms with E-state index in [1.807, 2.05) is 31.2 Å². The largest absolute Gasteiger partial charge is 0.481 e. The van der Waals surface area contributed by atoms with Gasteiger partial charge in [0.1, 0.15) is 6.61 Å². The molecule has 1 heterocycles. The van der Waals surface area contributed by atoms with E-state index in [1.54, 1.807) is 4.90 Å². The maximum absolute atomic E-state index is 11.5. The van der Waals surface area contributed by atoms with Crippen LogP contribution < -0.4 is 4.90 Å². The summed E-state index contributed by atoms with van der Waals surface area (Å²) < 4.78 is 5.07. The summed E-state index contributed by atoms with van der Waals surface area (Å²) in [4.78, 5) is 22.2. The lowest BCUT2D eigenvalue weighted by molar-refractivity contribution is -0.134. The number of nitrogens with zero attached hydrogens (tertiary/aromatic N) is 1. The second-order valence-corrected chi connectivity index (χ2v) is 3.95. The summed E-state index contributed by atoms with van der Waals surface area (Å²) >= 11 is 0. The average molecular weight is 251 g/mol. The zero-order valence-electron chi connectivity index (χ0n) is 10.5. The van der Waals surface area contributed by atoms with Crippen LogP contribution in [-0.4, -0.2) is 36.7 Å². The normalized spacial score (nSPS) is 14.8. The summed E-state index contributed by atoms with van der Waals surface area (Å²) in [5.41, 5.74) is 2.17. The van der Waals surface area contributed by atoms with Crippen LogP contribution >= 0.6 is 0 Å². The number of morpholine rings is 1. The maximum atomic E-state index is 11.5. The highest BCUT2D eigenvalue weighted by Crippen LogP contribution is 2.16. The van der Waals surface area contributed by atoms with Crippen LogP contribution in [0.25, 0.3) is 0 Å². The molecule has 1 aliphatic rings. The van der Waals surface area contributed by atoms with E-state index in [1.165, 1.54) is 5.56 Å². The second kappa shape index (κ2) is 6.76. The molecule has 5 heteroatoms. The molecule has 18 heavy (non-hydrogen) atoms. The van der Waals surface area contributed by atoms with Crippen molar-refractivity contribution in [2.75, 3.05) is 24.7 Å². The minimum absolute atomic E-state index is 0.0418. The van der Waals surface area contributed by atoms with E-state index in [0.717, 1.165) is 12.6 Å². The van der Waals surface area contributed by atoms with Crippen LogP contribution in [0.2, 0.25) is 0 Å². The van der Waals surface area contributed by atoms with Gasteiger partial charge in [-0.3, -0.25) is 9.59 Å². The van der Waals surface area contributed by atoms with Gasteiger partial charge in [-0.25, -0.2) is 0 Å². The lowest BCUT2D eigenvalue weighted by Gasteiger charge is -2.26. The van der Waals surface area contributed by atoms with Crippen molar-refractivity contribution in [3.63, 3.8) is 0 Å². The molecule has 5 nitrogen and oxygen atoms in total. The van der Waals surface area contributed by atoms with Crippen molar-refractivity contribution in [1.82, 2.24) is 0 Å². The Morgan fingerprint density at radius 2 is 1.89 bits per heavy atom. The number of carboxylic acids is 1. The molecule has 1 saturated heterocycles. The first-order valence-corrected chi connectivity index (χ1v) is 5.65. The smallest absolute Gasteiger partial charge is 0.300 e. The molecule has 2 rings (SSSR count). The van der Waals surface area contributed by atoms with E-state index >= 15 is 0 Å². The van der Waals surface area contributed by atoms with Crippen molar-refractivity contribution < 1.29 is 19.4 Å². The van der Waals surface area contributed by atoms with Crippen LogP contribution in [0.4, 0.5) is 5.69 Å². The number of ether oxygens (including phenoxy) is 1. The van der Waals surface area contributed by atoms with Gasteiger partial charge in [0, 0.05) is 19.2 Å². The highest BCUT2D eigenvalue weighted by molar-refractivity contribution is 5.94. The Morgan fingerprint density at radius 3 is 2.39 bits per heavy atom. The van der Waals surface area contributed by atoms with E-state index in [9.17, 15) is 4.79 Å². The van der Waals surface area contributed by atoms with Gasteiger partial charge in [0.05, 0.1) is 6.61 Å². The number of hydrogen-bond acceptors (Lipinski definition) is 3. The Bertz CT molecular complexity index is 410. The molecule has 0 aliphatic carbocycles. The molecule has 1 aromatic rings. The Hall–Kier alpha value is -1.88. The van der Waals surface area contributed by atoms with E-state index in [2.05, 4.69) is 0 Å². The summed E-state index contributed by atoms with van der Waals surface area (Å²) in [6.45, 7) is 4.60. The topological polar surface area (TPSA) is 66.8 Å². The summed E-state index contributed by atoms with van der Waals surface area (Å²) in [5.74, 6) is -0.792. The van der Waals surface area contributed by atoms with E-state index in [0.29, 0.717) is 13.2 Å². The van der Waals surface area contributed by atoms with Crippen molar-refractivity contribution in [2.24, 2.45) is 0 Å². The third kappa shape index (κ3) is 4.55. The van der Waals surface area contributed by atoms with Crippen molar-refractivity contribution in [1.29, 1.82) is 0 Å². The highest BCUT2D eigenvalue weighted by Gasteiger charge is 2.19. The second-order valence-electron chi connectivity index (χ2n) is 3.95. The van der Waals surface area contributed by atoms with Crippen LogP contribution in [0, 0.1) is 6.92 Å². The number of rotatable bonds is 1. The van der Waals surface area contributed by atoms with Gasteiger partial charge in [-0.2, -0.15) is 0 Å². The maximum Gasteiger partial charge on any atom is 0.300 e. The Kier molecular flexibility index (Phi) is 5.32. The number of benzene rings is 1. The zero-order chi connectivity index (χ0) is 13.5. The molecule has 1 fully saturated rings. The molecular formula is C13H17NO4. The summed E-state index contributed by atoms with van der Waals surface area (Å²) in [7, 11) is 0. The Balaban J connectivity index is 0.000000357. The fourth-order valence-electron chi connectivity index (χ4n) is 1.52. The number of carboxylic acid groups (broad SMARTS) is 1. The van der Waals surface area contributed by atoms with Gasteiger partial charge in [0.25, 0.3) is 11.9 Å². The first-order valence-electron chi connectivity index (χ1n) is 5.65. The van der Waals surface area contributed by atoms with E-state index < -0.39 is 5.97 Å². The molecule has 0 atom stereocenters. The average Bonchev–Trinajstić information content (AvgIpc) is 2.30. The molecule has 0 aromatic heterocycles. The molecule has 1 N–H and O–H groups in total. The molecule has 0 bridgehead atoms. The van der Waals surface area contributed by atoms with E-state index in [4.69, 9.17) is 14.6 Å². The van der Waals surface area contributed by atoms with Crippen molar-refractivity contribution >= 4 is 17.6 Å². The Morgan fingerprint density at radius 1 is 1.33 bits per heavy atom. The molecular weight excluding hydrogens is 234 g/mol. The van der Waals surface area contributed by atoms with Crippen LogP contribution in [0.5, 0.6) is 0 Å². The molecule has 1 aromatic carbocycles. The first kappa shape index (κ1) is 14.2. The SMILES string of the molecule is CC(=O)O.Cc1ccc(N2CCOCC2=O)cc1. The number of amides is 1. The van der Waals surface area contributed by atoms with Gasteiger partial charge in [-0.1, -0.05) is 17.7 Å². The van der Waals surface area contributed by atoms with Crippen molar-refractivity contribution in [3.05, 3.63) is 29.8 Å². The molecule has 0 unspecified atom stereocenters. The monoisotopic (exact) mass is 251 g/mol. The molecule has 1 aliphatic heterocycles. The van der Waals surface area contributed by atoms with Crippen LogP contribution in [0.15, 0.2) is 24.3 Å². The number of carbonyl (C=O) groups is 2. The number of anilines is 1. The highest BCUT2D eigenvalue weighted by atomic mass is 16.5. The van der Waals surface area contributed by atoms with E-state index in [-0.39, 0.29) is 12.5 Å². The van der Waals surface area contributed by atoms with Gasteiger partial charge in [0.2, 0.25) is 0 Å². The lowest BCUT2D eigenvalue weighted by Crippen LogP contribution is -2.41. The number of carbonyl (C=O) groups excluding carboxylic acids is 1. The minimum atomic E-state index is -0.833. The van der Waals surface area contributed by atoms with Gasteiger partial charge < -0.3 is 14.7 Å². The Labute approximate surface area is 106 Å². The number of hydrogen-bond donors (Lipinski definition) is 1. The van der Waals surface area contributed by atoms with Crippen LogP contribution in [0.3, 0.4) is 0 Å². The molecule has 0 saturated carbocycles. The summed E-state index contributed by atoms with van der Waals surface area (Å²) in [6.07, 6.45) is 0. The molecule has 0 radical (unpaired) electrons. The predicted molar refractivity (Wildman–Crippen MR) is 67.7 cm³/mol. The predicted octanol–water partition coefficient (Wildman–Crippen LogP) is 1.45. The minimum Gasteiger partial charge on any atom is -0.481 e. The fourth-order valence-corrected chi connectivity index (χ4v) is 1.52. The molecule has 0 spiro atoms.